The average molecular weight is 329 g/mol. The van der Waals surface area contributed by atoms with Gasteiger partial charge < -0.3 is 21.1 Å². The standard InChI is InChI=1S/C17H35N3O3/c1-6-10-17(2,3)12-13(9-7-8-11-18-4)14(15(21)22)20-16(23)19-5/h13-14,18H,6-12H2,1-5H3,(H,21,22)(H2,19,20,23). The largest absolute Gasteiger partial charge is 0.480 e. The Morgan fingerprint density at radius 1 is 1.17 bits per heavy atom. The topological polar surface area (TPSA) is 90.5 Å². The van der Waals surface area contributed by atoms with E-state index < -0.39 is 18.0 Å². The third-order valence-electron chi connectivity index (χ3n) is 4.24. The van der Waals surface area contributed by atoms with Crippen LogP contribution in [0.3, 0.4) is 0 Å². The van der Waals surface area contributed by atoms with Gasteiger partial charge in [0.15, 0.2) is 0 Å². The molecular weight excluding hydrogens is 294 g/mol. The maximum atomic E-state index is 11.7. The predicted molar refractivity (Wildman–Crippen MR) is 93.6 cm³/mol. The lowest BCUT2D eigenvalue weighted by Gasteiger charge is -2.33. The van der Waals surface area contributed by atoms with Gasteiger partial charge in [0, 0.05) is 7.05 Å². The number of hydrogen-bond acceptors (Lipinski definition) is 3. The van der Waals surface area contributed by atoms with Crippen LogP contribution in [0.15, 0.2) is 0 Å². The van der Waals surface area contributed by atoms with Crippen LogP contribution in [-0.2, 0) is 4.79 Å². The van der Waals surface area contributed by atoms with E-state index in [1.54, 1.807) is 0 Å². The molecule has 2 unspecified atom stereocenters. The maximum Gasteiger partial charge on any atom is 0.326 e. The van der Waals surface area contributed by atoms with E-state index in [2.05, 4.69) is 36.7 Å². The molecule has 6 heteroatoms. The molecule has 2 atom stereocenters. The van der Waals surface area contributed by atoms with Crippen molar-refractivity contribution in [1.82, 2.24) is 16.0 Å². The zero-order valence-electron chi connectivity index (χ0n) is 15.4. The number of carbonyl (C=O) groups excluding carboxylic acids is 1. The number of nitrogens with one attached hydrogen (secondary N) is 3. The van der Waals surface area contributed by atoms with Gasteiger partial charge in [-0.05, 0) is 50.6 Å². The SMILES string of the molecule is CCCC(C)(C)CC(CCCCNC)C(NC(=O)NC)C(=O)O. The molecule has 0 saturated carbocycles. The summed E-state index contributed by atoms with van der Waals surface area (Å²) in [6.07, 6.45) is 5.67. The van der Waals surface area contributed by atoms with E-state index in [9.17, 15) is 14.7 Å². The van der Waals surface area contributed by atoms with Crippen molar-refractivity contribution in [3.8, 4) is 0 Å². The lowest BCUT2D eigenvalue weighted by molar-refractivity contribution is -0.141. The van der Waals surface area contributed by atoms with Crippen LogP contribution in [0.2, 0.25) is 0 Å². The molecule has 0 aromatic heterocycles. The third-order valence-corrected chi connectivity index (χ3v) is 4.24. The van der Waals surface area contributed by atoms with Crippen molar-refractivity contribution in [3.05, 3.63) is 0 Å². The summed E-state index contributed by atoms with van der Waals surface area (Å²) in [7, 11) is 3.41. The molecular formula is C17H35N3O3. The lowest BCUT2D eigenvalue weighted by atomic mass is 9.75. The fraction of sp³-hybridized carbons (Fsp3) is 0.882. The summed E-state index contributed by atoms with van der Waals surface area (Å²) in [5.41, 5.74) is 0.0699. The third kappa shape index (κ3) is 9.43. The molecule has 2 amide bonds. The maximum absolute atomic E-state index is 11.7. The molecule has 0 aromatic carbocycles. The van der Waals surface area contributed by atoms with Gasteiger partial charge in [0.1, 0.15) is 6.04 Å². The Bertz CT molecular complexity index is 359. The van der Waals surface area contributed by atoms with Crippen LogP contribution in [0.25, 0.3) is 0 Å². The van der Waals surface area contributed by atoms with Crippen LogP contribution >= 0.6 is 0 Å². The molecule has 4 N–H and O–H groups in total. The Morgan fingerprint density at radius 3 is 2.30 bits per heavy atom. The van der Waals surface area contributed by atoms with E-state index in [4.69, 9.17) is 0 Å². The molecule has 0 heterocycles. The van der Waals surface area contributed by atoms with Gasteiger partial charge in [-0.15, -0.1) is 0 Å². The molecule has 0 aliphatic carbocycles. The summed E-state index contributed by atoms with van der Waals surface area (Å²) < 4.78 is 0. The molecule has 136 valence electrons. The van der Waals surface area contributed by atoms with Gasteiger partial charge in [-0.3, -0.25) is 0 Å². The minimum atomic E-state index is -0.959. The predicted octanol–water partition coefficient (Wildman–Crippen LogP) is 2.59. The second-order valence-corrected chi connectivity index (χ2v) is 7.02. The van der Waals surface area contributed by atoms with Crippen LogP contribution in [0.4, 0.5) is 4.79 Å². The van der Waals surface area contributed by atoms with Gasteiger partial charge in [0.25, 0.3) is 0 Å². The minimum absolute atomic E-state index is 0.0665. The molecule has 0 radical (unpaired) electrons. The van der Waals surface area contributed by atoms with E-state index >= 15 is 0 Å². The van der Waals surface area contributed by atoms with Gasteiger partial charge in [0.05, 0.1) is 0 Å². The highest BCUT2D eigenvalue weighted by atomic mass is 16.4. The van der Waals surface area contributed by atoms with Gasteiger partial charge in [-0.1, -0.05) is 33.6 Å². The Balaban J connectivity index is 5.01. The average Bonchev–Trinajstić information content (AvgIpc) is 2.47. The quantitative estimate of drug-likeness (QED) is 0.414. The number of carboxylic acids is 1. The molecule has 0 aliphatic heterocycles. The van der Waals surface area contributed by atoms with Crippen molar-refractivity contribution in [2.24, 2.45) is 11.3 Å². The van der Waals surface area contributed by atoms with Gasteiger partial charge in [-0.2, -0.15) is 0 Å². The zero-order chi connectivity index (χ0) is 17.9. The Morgan fingerprint density at radius 2 is 1.83 bits per heavy atom. The molecule has 23 heavy (non-hydrogen) atoms. The summed E-state index contributed by atoms with van der Waals surface area (Å²) in [6.45, 7) is 7.42. The zero-order valence-corrected chi connectivity index (χ0v) is 15.4. The van der Waals surface area contributed by atoms with E-state index in [0.29, 0.717) is 0 Å². The molecule has 6 nitrogen and oxygen atoms in total. The number of amides is 2. The van der Waals surface area contributed by atoms with Crippen molar-refractivity contribution in [2.75, 3.05) is 20.6 Å². The summed E-state index contributed by atoms with van der Waals surface area (Å²) in [6, 6.07) is -1.29. The first kappa shape index (κ1) is 21.7. The van der Waals surface area contributed by atoms with Crippen molar-refractivity contribution in [1.29, 1.82) is 0 Å². The number of aliphatic carboxylic acids is 1. The van der Waals surface area contributed by atoms with Crippen molar-refractivity contribution in [3.63, 3.8) is 0 Å². The van der Waals surface area contributed by atoms with Gasteiger partial charge >= 0.3 is 12.0 Å². The molecule has 0 fully saturated rings. The molecule has 0 rings (SSSR count). The van der Waals surface area contributed by atoms with Crippen LogP contribution in [-0.4, -0.2) is 43.8 Å². The first-order chi connectivity index (χ1) is 10.8. The Hall–Kier alpha value is -1.30. The van der Waals surface area contributed by atoms with Gasteiger partial charge in [-0.25, -0.2) is 9.59 Å². The minimum Gasteiger partial charge on any atom is -0.480 e. The number of carboxylic acid groups (broad SMARTS) is 1. The summed E-state index contributed by atoms with van der Waals surface area (Å²) >= 11 is 0. The first-order valence-electron chi connectivity index (χ1n) is 8.63. The van der Waals surface area contributed by atoms with Crippen LogP contribution in [0.5, 0.6) is 0 Å². The van der Waals surface area contributed by atoms with Crippen molar-refractivity contribution < 1.29 is 14.7 Å². The normalized spacial score (nSPS) is 14.1. The number of unbranched alkanes of at least 4 members (excludes halogenated alkanes) is 1. The molecule has 0 bridgehead atoms. The van der Waals surface area contributed by atoms with E-state index in [1.165, 1.54) is 7.05 Å². The summed E-state index contributed by atoms with van der Waals surface area (Å²) in [5, 5.41) is 17.7. The second-order valence-electron chi connectivity index (χ2n) is 7.02. The smallest absolute Gasteiger partial charge is 0.326 e. The highest BCUT2D eigenvalue weighted by molar-refractivity contribution is 5.82. The number of carbonyl (C=O) groups is 2. The first-order valence-corrected chi connectivity index (χ1v) is 8.63. The summed E-state index contributed by atoms with van der Waals surface area (Å²) in [4.78, 5) is 23.3. The van der Waals surface area contributed by atoms with Crippen LogP contribution in [0, 0.1) is 11.3 Å². The van der Waals surface area contributed by atoms with Crippen LogP contribution < -0.4 is 16.0 Å². The van der Waals surface area contributed by atoms with E-state index in [0.717, 1.165) is 45.1 Å². The van der Waals surface area contributed by atoms with E-state index in [1.807, 2.05) is 7.05 Å². The van der Waals surface area contributed by atoms with Crippen molar-refractivity contribution >= 4 is 12.0 Å². The van der Waals surface area contributed by atoms with Crippen molar-refractivity contribution in [2.45, 2.75) is 65.3 Å². The summed E-state index contributed by atoms with van der Waals surface area (Å²) in [5.74, 6) is -1.03. The monoisotopic (exact) mass is 329 g/mol. The highest BCUT2D eigenvalue weighted by Crippen LogP contribution is 2.34. The number of rotatable bonds is 12. The van der Waals surface area contributed by atoms with E-state index in [-0.39, 0.29) is 11.3 Å². The number of hydrogen-bond donors (Lipinski definition) is 4. The Labute approximate surface area is 140 Å². The van der Waals surface area contributed by atoms with Gasteiger partial charge in [0.2, 0.25) is 0 Å². The Kier molecular flexibility index (Phi) is 10.6. The fourth-order valence-electron chi connectivity index (χ4n) is 3.18. The van der Waals surface area contributed by atoms with Crippen LogP contribution in [0.1, 0.15) is 59.3 Å². The molecule has 0 aliphatic rings. The number of urea groups is 1. The fourth-order valence-corrected chi connectivity index (χ4v) is 3.18. The second kappa shape index (κ2) is 11.3. The molecule has 0 aromatic rings. The lowest BCUT2D eigenvalue weighted by Crippen LogP contribution is -2.49. The highest BCUT2D eigenvalue weighted by Gasteiger charge is 2.33. The molecule has 0 saturated heterocycles. The molecule has 0 spiro atoms.